The number of carbonyl (C=O) groups excluding carboxylic acids is 1. The van der Waals surface area contributed by atoms with E-state index in [0.717, 1.165) is 6.07 Å². The summed E-state index contributed by atoms with van der Waals surface area (Å²) in [7, 11) is 0. The molecule has 2 rings (SSSR count). The third kappa shape index (κ3) is 5.75. The van der Waals surface area contributed by atoms with Gasteiger partial charge in [0, 0.05) is 18.2 Å². The molecule has 0 atom stereocenters. The highest BCUT2D eigenvalue weighted by atomic mass is 35.5. The van der Waals surface area contributed by atoms with Crippen molar-refractivity contribution in [3.8, 4) is 17.2 Å². The van der Waals surface area contributed by atoms with Crippen molar-refractivity contribution in [1.29, 1.82) is 0 Å². The van der Waals surface area contributed by atoms with E-state index in [2.05, 4.69) is 5.32 Å². The summed E-state index contributed by atoms with van der Waals surface area (Å²) < 4.78 is 16.3. The van der Waals surface area contributed by atoms with Crippen LogP contribution in [-0.4, -0.2) is 30.7 Å². The maximum atomic E-state index is 12.2. The summed E-state index contributed by atoms with van der Waals surface area (Å²) in [6.07, 6.45) is 0. The summed E-state index contributed by atoms with van der Waals surface area (Å²) in [6.45, 7) is 4.29. The van der Waals surface area contributed by atoms with Crippen LogP contribution in [-0.2, 0) is 4.79 Å². The van der Waals surface area contributed by atoms with Gasteiger partial charge in [-0.05, 0) is 32.0 Å². The Hall–Kier alpha value is -3.00. The van der Waals surface area contributed by atoms with E-state index in [-0.39, 0.29) is 23.1 Å². The molecule has 1 N–H and O–H groups in total. The number of non-ortho nitro benzene ring substituents is 1. The van der Waals surface area contributed by atoms with E-state index in [1.807, 2.05) is 13.8 Å². The molecule has 0 aromatic heterocycles. The Kier molecular flexibility index (Phi) is 7.25. The molecule has 144 valence electrons. The third-order valence-electron chi connectivity index (χ3n) is 3.32. The molecule has 0 aliphatic heterocycles. The Morgan fingerprint density at radius 1 is 1.07 bits per heavy atom. The molecule has 0 bridgehead atoms. The number of hydrogen-bond donors (Lipinski definition) is 1. The number of ether oxygens (including phenoxy) is 3. The molecule has 0 fully saturated rings. The number of nitrogens with one attached hydrogen (secondary N) is 1. The van der Waals surface area contributed by atoms with Gasteiger partial charge in [0.25, 0.3) is 11.6 Å². The first-order chi connectivity index (χ1) is 12.9. The molecule has 0 saturated heterocycles. The molecule has 9 heteroatoms. The Balaban J connectivity index is 2.05. The predicted octanol–water partition coefficient (Wildman–Crippen LogP) is 4.06. The maximum Gasteiger partial charge on any atom is 0.271 e. The van der Waals surface area contributed by atoms with Gasteiger partial charge in [-0.1, -0.05) is 11.6 Å². The van der Waals surface area contributed by atoms with Crippen LogP contribution in [0.15, 0.2) is 36.4 Å². The Morgan fingerprint density at radius 2 is 1.78 bits per heavy atom. The van der Waals surface area contributed by atoms with Gasteiger partial charge in [-0.2, -0.15) is 0 Å². The van der Waals surface area contributed by atoms with Crippen LogP contribution < -0.4 is 19.5 Å². The lowest BCUT2D eigenvalue weighted by Gasteiger charge is -2.14. The van der Waals surface area contributed by atoms with Crippen molar-refractivity contribution in [2.24, 2.45) is 0 Å². The van der Waals surface area contributed by atoms with Gasteiger partial charge in [-0.3, -0.25) is 14.9 Å². The molecule has 0 unspecified atom stereocenters. The van der Waals surface area contributed by atoms with E-state index < -0.39 is 10.8 Å². The topological polar surface area (TPSA) is 99.9 Å². The molecule has 27 heavy (non-hydrogen) atoms. The molecular formula is C18H19ClN2O6. The minimum Gasteiger partial charge on any atom is -0.494 e. The molecule has 0 aliphatic rings. The van der Waals surface area contributed by atoms with Gasteiger partial charge in [0.05, 0.1) is 28.8 Å². The fraction of sp³-hybridized carbons (Fsp3) is 0.278. The largest absolute Gasteiger partial charge is 0.494 e. The van der Waals surface area contributed by atoms with Crippen molar-refractivity contribution >= 4 is 28.9 Å². The number of anilines is 1. The first kappa shape index (κ1) is 20.3. The van der Waals surface area contributed by atoms with Crippen LogP contribution in [0.1, 0.15) is 13.8 Å². The molecule has 0 spiro atoms. The number of nitrogens with zero attached hydrogens (tertiary/aromatic N) is 1. The van der Waals surface area contributed by atoms with Gasteiger partial charge in [0.2, 0.25) is 0 Å². The van der Waals surface area contributed by atoms with Gasteiger partial charge in [-0.25, -0.2) is 0 Å². The maximum absolute atomic E-state index is 12.2. The molecule has 0 radical (unpaired) electrons. The monoisotopic (exact) mass is 394 g/mol. The van der Waals surface area contributed by atoms with E-state index in [1.165, 1.54) is 12.1 Å². The Morgan fingerprint density at radius 3 is 2.41 bits per heavy atom. The summed E-state index contributed by atoms with van der Waals surface area (Å²) in [4.78, 5) is 22.4. The van der Waals surface area contributed by atoms with Crippen molar-refractivity contribution in [3.05, 3.63) is 51.5 Å². The lowest BCUT2D eigenvalue weighted by Crippen LogP contribution is -2.20. The molecule has 8 nitrogen and oxygen atoms in total. The fourth-order valence-corrected chi connectivity index (χ4v) is 2.42. The van der Waals surface area contributed by atoms with Gasteiger partial charge in [0.15, 0.2) is 6.61 Å². The van der Waals surface area contributed by atoms with Gasteiger partial charge in [0.1, 0.15) is 17.2 Å². The number of nitro benzene ring substituents is 1. The summed E-state index contributed by atoms with van der Waals surface area (Å²) in [5, 5.41) is 13.5. The zero-order valence-corrected chi connectivity index (χ0v) is 15.6. The Labute approximate surface area is 161 Å². The van der Waals surface area contributed by atoms with E-state index >= 15 is 0 Å². The first-order valence-electron chi connectivity index (χ1n) is 8.20. The van der Waals surface area contributed by atoms with Gasteiger partial charge < -0.3 is 19.5 Å². The van der Waals surface area contributed by atoms with Crippen LogP contribution in [0.2, 0.25) is 5.02 Å². The van der Waals surface area contributed by atoms with E-state index in [4.69, 9.17) is 25.8 Å². The van der Waals surface area contributed by atoms with Crippen molar-refractivity contribution in [1.82, 2.24) is 0 Å². The molecule has 2 aromatic rings. The van der Waals surface area contributed by atoms with Gasteiger partial charge in [-0.15, -0.1) is 0 Å². The van der Waals surface area contributed by atoms with Crippen molar-refractivity contribution in [3.63, 3.8) is 0 Å². The second kappa shape index (κ2) is 9.63. The van der Waals surface area contributed by atoms with Crippen LogP contribution in [0.25, 0.3) is 0 Å². The first-order valence-corrected chi connectivity index (χ1v) is 8.58. The average Bonchev–Trinajstić information content (AvgIpc) is 2.63. The number of halogens is 1. The summed E-state index contributed by atoms with van der Waals surface area (Å²) in [5.41, 5.74) is 0.289. The average molecular weight is 395 g/mol. The summed E-state index contributed by atoms with van der Waals surface area (Å²) >= 11 is 5.94. The molecule has 0 saturated carbocycles. The van der Waals surface area contributed by atoms with Gasteiger partial charge >= 0.3 is 0 Å². The quantitative estimate of drug-likeness (QED) is 0.508. The van der Waals surface area contributed by atoms with Crippen LogP contribution in [0.5, 0.6) is 17.2 Å². The third-order valence-corrected chi connectivity index (χ3v) is 3.62. The van der Waals surface area contributed by atoms with E-state index in [1.54, 1.807) is 18.2 Å². The van der Waals surface area contributed by atoms with Crippen LogP contribution >= 0.6 is 11.6 Å². The van der Waals surface area contributed by atoms with Crippen molar-refractivity contribution in [2.75, 3.05) is 25.1 Å². The molecule has 0 heterocycles. The summed E-state index contributed by atoms with van der Waals surface area (Å²) in [6, 6.07) is 8.86. The number of rotatable bonds is 9. The highest BCUT2D eigenvalue weighted by Gasteiger charge is 2.13. The van der Waals surface area contributed by atoms with Crippen LogP contribution in [0.4, 0.5) is 11.4 Å². The van der Waals surface area contributed by atoms with Crippen molar-refractivity contribution < 1.29 is 23.9 Å². The lowest BCUT2D eigenvalue weighted by molar-refractivity contribution is -0.384. The van der Waals surface area contributed by atoms with Crippen molar-refractivity contribution in [2.45, 2.75) is 13.8 Å². The number of benzene rings is 2. The highest BCUT2D eigenvalue weighted by molar-refractivity contribution is 6.32. The summed E-state index contributed by atoms with van der Waals surface area (Å²) in [5.74, 6) is 0.822. The number of nitro groups is 1. The lowest BCUT2D eigenvalue weighted by atomic mass is 10.2. The van der Waals surface area contributed by atoms with Crippen LogP contribution in [0, 0.1) is 10.1 Å². The molecule has 0 aliphatic carbocycles. The van der Waals surface area contributed by atoms with E-state index in [0.29, 0.717) is 30.4 Å². The number of carbonyl (C=O) groups is 1. The fourth-order valence-electron chi connectivity index (χ4n) is 2.19. The predicted molar refractivity (Wildman–Crippen MR) is 101 cm³/mol. The second-order valence-corrected chi connectivity index (χ2v) is 5.64. The molecule has 2 aromatic carbocycles. The smallest absolute Gasteiger partial charge is 0.271 e. The highest BCUT2D eigenvalue weighted by Crippen LogP contribution is 2.30. The van der Waals surface area contributed by atoms with Crippen LogP contribution in [0.3, 0.4) is 0 Å². The minimum atomic E-state index is -0.566. The number of hydrogen-bond acceptors (Lipinski definition) is 6. The van der Waals surface area contributed by atoms with E-state index in [9.17, 15) is 14.9 Å². The minimum absolute atomic E-state index is 0.0466. The molecule has 1 amide bonds. The second-order valence-electron chi connectivity index (χ2n) is 5.23. The molecular weight excluding hydrogens is 376 g/mol. The SMILES string of the molecule is CCOc1ccc(OCC)c(NC(=O)COc2ccc([N+](=O)[O-])cc2Cl)c1. The Bertz CT molecular complexity index is 827. The number of amides is 1. The normalized spacial score (nSPS) is 10.2. The zero-order valence-electron chi connectivity index (χ0n) is 14.9. The zero-order chi connectivity index (χ0) is 19.8. The standard InChI is InChI=1S/C18H19ClN2O6/c1-3-25-13-6-8-17(26-4-2)15(10-13)20-18(22)11-27-16-7-5-12(21(23)24)9-14(16)19/h5-10H,3-4,11H2,1-2H3,(H,20,22).